The fourth-order valence-corrected chi connectivity index (χ4v) is 0.0373. The zero-order chi connectivity index (χ0) is 3.91. The zero-order valence-corrected chi connectivity index (χ0v) is 8.80. The average Bonchev–Trinajstić information content (AvgIpc) is 1.76. The molecule has 4 nitrogen and oxygen atoms in total. The van der Waals surface area contributed by atoms with Crippen LogP contribution in [0.5, 0.6) is 0 Å². The zero-order valence-electron chi connectivity index (χ0n) is 5.63. The minimum absolute atomic E-state index is 0. The Morgan fingerprint density at radius 3 is 1.43 bits per heavy atom. The molecule has 0 aromatic carbocycles. The van der Waals surface area contributed by atoms with Crippen LogP contribution in [0, 0.1) is 0 Å². The Balaban J connectivity index is -0.0000000312. The third-order valence-electron chi connectivity index (χ3n) is 0.232. The van der Waals surface area contributed by atoms with Crippen molar-refractivity contribution in [2.24, 2.45) is 0 Å². The molecule has 1 aliphatic rings. The Morgan fingerprint density at radius 2 is 1.43 bits per heavy atom. The van der Waals surface area contributed by atoms with Crippen LogP contribution in [0.1, 0.15) is 2.85 Å². The quantitative estimate of drug-likeness (QED) is 0.206. The first-order valence-corrected chi connectivity index (χ1v) is 1.02. The Kier molecular flexibility index (Phi) is 6.07. The van der Waals surface area contributed by atoms with Crippen molar-refractivity contribution in [3.05, 3.63) is 0 Å². The molecular formula is CH4CaO4Zn. The van der Waals surface area contributed by atoms with Crippen molar-refractivity contribution in [1.82, 2.24) is 0 Å². The monoisotopic (exact) mass is 184 g/mol. The normalized spacial score (nSPS) is 21.4. The minimum Gasteiger partial charge on any atom is -1.00 e. The van der Waals surface area contributed by atoms with Crippen LogP contribution in [0.25, 0.3) is 0 Å². The van der Waals surface area contributed by atoms with Gasteiger partial charge in [0, 0.05) is 19.5 Å². The van der Waals surface area contributed by atoms with Gasteiger partial charge >= 0.3 is 43.9 Å². The molecule has 1 aliphatic heterocycles. The minimum atomic E-state index is -2.25. The van der Waals surface area contributed by atoms with Crippen molar-refractivity contribution in [2.45, 2.75) is 6.16 Å². The van der Waals surface area contributed by atoms with Crippen molar-refractivity contribution >= 4 is 37.7 Å². The Morgan fingerprint density at radius 1 is 1.29 bits per heavy atom. The fourth-order valence-electron chi connectivity index (χ4n) is 0.0373. The van der Waals surface area contributed by atoms with E-state index in [1.165, 1.54) is 0 Å². The van der Waals surface area contributed by atoms with Gasteiger partial charge in [-0.05, 0) is 0 Å². The van der Waals surface area contributed by atoms with Gasteiger partial charge in [-0.1, -0.05) is 0 Å². The van der Waals surface area contributed by atoms with E-state index < -0.39 is 6.16 Å². The predicted octanol–water partition coefficient (Wildman–Crippen LogP) is -1.61. The van der Waals surface area contributed by atoms with E-state index >= 15 is 0 Å². The van der Waals surface area contributed by atoms with E-state index in [1.54, 1.807) is 0 Å². The van der Waals surface area contributed by atoms with Gasteiger partial charge < -0.3 is 13.1 Å². The van der Waals surface area contributed by atoms with Crippen LogP contribution in [0.3, 0.4) is 0 Å². The van der Waals surface area contributed by atoms with E-state index in [4.69, 9.17) is 10.2 Å². The third-order valence-corrected chi connectivity index (χ3v) is 0.232. The summed E-state index contributed by atoms with van der Waals surface area (Å²) in [6.07, 6.45) is -2.25. The third kappa shape index (κ3) is 5.60. The summed E-state index contributed by atoms with van der Waals surface area (Å²) in [4.78, 5) is 7.01. The second-order valence-corrected chi connectivity index (χ2v) is 0.715. The van der Waals surface area contributed by atoms with Crippen LogP contribution < -0.4 is 0 Å². The van der Waals surface area contributed by atoms with Gasteiger partial charge in [0.05, 0.1) is 0 Å². The van der Waals surface area contributed by atoms with Gasteiger partial charge in [-0.25, -0.2) is 0 Å². The van der Waals surface area contributed by atoms with E-state index in [9.17, 15) is 0 Å². The summed E-state index contributed by atoms with van der Waals surface area (Å²) in [6, 6.07) is 0. The van der Waals surface area contributed by atoms with Crippen LogP contribution >= 0.6 is 0 Å². The van der Waals surface area contributed by atoms with Crippen LogP contribution in [-0.2, 0) is 29.3 Å². The first-order chi connectivity index (χ1) is 2.21. The molecule has 36 valence electrons. The summed E-state index contributed by atoms with van der Waals surface area (Å²) in [6.45, 7) is 0. The van der Waals surface area contributed by atoms with Crippen molar-refractivity contribution in [3.63, 3.8) is 0 Å². The molecule has 1 rings (SSSR count). The molecule has 0 radical (unpaired) electrons. The first-order valence-electron chi connectivity index (χ1n) is 1.02. The summed E-state index contributed by atoms with van der Waals surface area (Å²) in [5, 5.41) is 15.5. The standard InChI is InChI=1S/CH2O4.Ca.Zn.2H/c2-1(3)4-5-1;;;;/h2-3H;;;;/q;+2;;2*-1. The van der Waals surface area contributed by atoms with Crippen molar-refractivity contribution in [2.75, 3.05) is 0 Å². The molecule has 0 aromatic heterocycles. The van der Waals surface area contributed by atoms with Crippen LogP contribution in [-0.4, -0.2) is 54.1 Å². The Labute approximate surface area is 85.4 Å². The summed E-state index contributed by atoms with van der Waals surface area (Å²) >= 11 is 0. The van der Waals surface area contributed by atoms with Crippen LogP contribution in [0.2, 0.25) is 0 Å². The van der Waals surface area contributed by atoms with Crippen molar-refractivity contribution < 1.29 is 42.3 Å². The molecule has 7 heavy (non-hydrogen) atoms. The van der Waals surface area contributed by atoms with Gasteiger partial charge in [0.1, 0.15) is 0 Å². The van der Waals surface area contributed by atoms with Crippen molar-refractivity contribution in [1.29, 1.82) is 0 Å². The van der Waals surface area contributed by atoms with Gasteiger partial charge in [0.2, 0.25) is 0 Å². The topological polar surface area (TPSA) is 65.5 Å². The van der Waals surface area contributed by atoms with E-state index in [2.05, 4.69) is 9.78 Å². The van der Waals surface area contributed by atoms with Crippen LogP contribution in [0.4, 0.5) is 0 Å². The summed E-state index contributed by atoms with van der Waals surface area (Å²) < 4.78 is 0. The number of rotatable bonds is 0. The molecular weight excluding hydrogens is 181 g/mol. The van der Waals surface area contributed by atoms with Crippen LogP contribution in [0.15, 0.2) is 0 Å². The fraction of sp³-hybridized carbons (Fsp3) is 1.00. The number of aliphatic hydroxyl groups is 2. The first kappa shape index (κ1) is 11.5. The molecule has 0 amide bonds. The molecule has 6 heteroatoms. The Hall–Kier alpha value is 1.72. The van der Waals surface area contributed by atoms with Gasteiger partial charge in [-0.2, -0.15) is 0 Å². The summed E-state index contributed by atoms with van der Waals surface area (Å²) in [7, 11) is 0. The molecule has 2 N–H and O–H groups in total. The maximum Gasteiger partial charge on any atom is 2.00 e. The van der Waals surface area contributed by atoms with Gasteiger partial charge in [0.15, 0.2) is 0 Å². The molecule has 1 fully saturated rings. The predicted molar refractivity (Wildman–Crippen MR) is 17.3 cm³/mol. The molecule has 0 atom stereocenters. The second kappa shape index (κ2) is 3.69. The van der Waals surface area contributed by atoms with Crippen molar-refractivity contribution in [3.8, 4) is 0 Å². The largest absolute Gasteiger partial charge is 2.00 e. The number of hydrogen-bond acceptors (Lipinski definition) is 4. The molecule has 0 unspecified atom stereocenters. The second-order valence-electron chi connectivity index (χ2n) is 0.715. The maximum absolute atomic E-state index is 7.74. The smallest absolute Gasteiger partial charge is 1.00 e. The molecule has 1 saturated heterocycles. The number of hydrogen-bond donors (Lipinski definition) is 2. The average molecular weight is 186 g/mol. The summed E-state index contributed by atoms with van der Waals surface area (Å²) in [5.74, 6) is 0. The van der Waals surface area contributed by atoms with E-state index in [0.29, 0.717) is 0 Å². The van der Waals surface area contributed by atoms with E-state index in [1.807, 2.05) is 0 Å². The molecule has 0 saturated carbocycles. The molecule has 0 aliphatic carbocycles. The van der Waals surface area contributed by atoms with Gasteiger partial charge in [0.25, 0.3) is 0 Å². The van der Waals surface area contributed by atoms with E-state index in [0.717, 1.165) is 0 Å². The maximum atomic E-state index is 7.74. The van der Waals surface area contributed by atoms with Gasteiger partial charge in [-0.3, -0.25) is 0 Å². The summed E-state index contributed by atoms with van der Waals surface area (Å²) in [5.41, 5.74) is 0. The van der Waals surface area contributed by atoms with E-state index in [-0.39, 0.29) is 60.1 Å². The molecule has 1 heterocycles. The Bertz CT molecular complexity index is 56.5. The molecule has 0 bridgehead atoms. The SMILES string of the molecule is OC1(O)OO1.[Ca+2].[H-].[H-].[Zn]. The van der Waals surface area contributed by atoms with Gasteiger partial charge in [-0.15, -0.1) is 9.78 Å². The molecule has 0 aromatic rings. The molecule has 0 spiro atoms.